The molecule has 0 amide bonds. The third kappa shape index (κ3) is 2.85. The highest BCUT2D eigenvalue weighted by Gasteiger charge is 2.47. The molecular weight excluding hydrogens is 208 g/mol. The van der Waals surface area contributed by atoms with E-state index in [4.69, 9.17) is 0 Å². The van der Waals surface area contributed by atoms with Gasteiger partial charge in [-0.15, -0.1) is 0 Å². The van der Waals surface area contributed by atoms with Gasteiger partial charge in [0.05, 0.1) is 0 Å². The van der Waals surface area contributed by atoms with Gasteiger partial charge in [-0.25, -0.2) is 0 Å². The van der Waals surface area contributed by atoms with E-state index in [-0.39, 0.29) is 0 Å². The molecule has 2 aliphatic rings. The first-order valence-electron chi connectivity index (χ1n) is 7.58. The normalized spacial score (nSPS) is 35.5. The van der Waals surface area contributed by atoms with Crippen LogP contribution in [0, 0.1) is 11.8 Å². The first-order valence-corrected chi connectivity index (χ1v) is 7.58. The molecule has 2 rings (SSSR count). The summed E-state index contributed by atoms with van der Waals surface area (Å²) < 4.78 is 0. The van der Waals surface area contributed by atoms with Gasteiger partial charge in [-0.3, -0.25) is 4.90 Å². The highest BCUT2D eigenvalue weighted by atomic mass is 15.3. The fraction of sp³-hybridized carbons (Fsp3) is 1.00. The van der Waals surface area contributed by atoms with E-state index in [1.54, 1.807) is 0 Å². The fourth-order valence-electron chi connectivity index (χ4n) is 3.35. The van der Waals surface area contributed by atoms with Gasteiger partial charge in [0.2, 0.25) is 0 Å². The number of nitrogens with one attached hydrogen (secondary N) is 1. The molecule has 2 fully saturated rings. The molecule has 1 heterocycles. The highest BCUT2D eigenvalue weighted by molar-refractivity contribution is 5.04. The number of nitrogens with zero attached hydrogens (tertiary/aromatic N) is 1. The molecule has 1 saturated heterocycles. The van der Waals surface area contributed by atoms with Crippen LogP contribution in [0.2, 0.25) is 0 Å². The molecule has 1 aliphatic heterocycles. The fourth-order valence-corrected chi connectivity index (χ4v) is 3.35. The van der Waals surface area contributed by atoms with E-state index in [0.29, 0.717) is 11.6 Å². The molecule has 0 radical (unpaired) electrons. The summed E-state index contributed by atoms with van der Waals surface area (Å²) in [6, 6.07) is 0.663. The maximum absolute atomic E-state index is 3.69. The Bertz CT molecular complexity index is 245. The van der Waals surface area contributed by atoms with Gasteiger partial charge >= 0.3 is 0 Å². The van der Waals surface area contributed by atoms with Crippen molar-refractivity contribution >= 4 is 0 Å². The maximum atomic E-state index is 3.69. The quantitative estimate of drug-likeness (QED) is 0.792. The molecule has 0 spiro atoms. The predicted octanol–water partition coefficient (Wildman–Crippen LogP) is 2.89. The van der Waals surface area contributed by atoms with Crippen molar-refractivity contribution in [3.8, 4) is 0 Å². The Kier molecular flexibility index (Phi) is 4.14. The standard InChI is InChI=1S/C15H30N2/c1-5-13(6-2)10-17-9-12(3)16-11-15(17,4)14-7-8-14/h12-14,16H,5-11H2,1-4H3. The average molecular weight is 238 g/mol. The predicted molar refractivity (Wildman–Crippen MR) is 74.2 cm³/mol. The van der Waals surface area contributed by atoms with Gasteiger partial charge in [-0.05, 0) is 38.5 Å². The number of hydrogen-bond acceptors (Lipinski definition) is 2. The second-order valence-electron chi connectivity index (χ2n) is 6.50. The Labute approximate surface area is 107 Å². The smallest absolute Gasteiger partial charge is 0.0334 e. The van der Waals surface area contributed by atoms with Gasteiger partial charge in [0.25, 0.3) is 0 Å². The molecule has 2 atom stereocenters. The summed E-state index contributed by atoms with van der Waals surface area (Å²) in [7, 11) is 0. The molecular formula is C15H30N2. The molecule has 1 aliphatic carbocycles. The lowest BCUT2D eigenvalue weighted by atomic mass is 9.88. The minimum Gasteiger partial charge on any atom is -0.311 e. The second kappa shape index (κ2) is 5.27. The molecule has 0 bridgehead atoms. The zero-order valence-corrected chi connectivity index (χ0v) is 12.1. The maximum Gasteiger partial charge on any atom is 0.0334 e. The lowest BCUT2D eigenvalue weighted by molar-refractivity contribution is 0.0238. The van der Waals surface area contributed by atoms with Crippen molar-refractivity contribution in [1.82, 2.24) is 10.2 Å². The third-order valence-electron chi connectivity index (χ3n) is 5.12. The number of hydrogen-bond donors (Lipinski definition) is 1. The zero-order valence-electron chi connectivity index (χ0n) is 12.1. The Morgan fingerprint density at radius 2 is 1.94 bits per heavy atom. The van der Waals surface area contributed by atoms with Crippen LogP contribution in [-0.4, -0.2) is 36.1 Å². The van der Waals surface area contributed by atoms with Crippen LogP contribution in [0.5, 0.6) is 0 Å². The summed E-state index contributed by atoms with van der Waals surface area (Å²) in [5.41, 5.74) is 0.440. The lowest BCUT2D eigenvalue weighted by Crippen LogP contribution is -2.64. The summed E-state index contributed by atoms with van der Waals surface area (Å²) in [5.74, 6) is 1.84. The average Bonchev–Trinajstić information content (AvgIpc) is 3.14. The third-order valence-corrected chi connectivity index (χ3v) is 5.12. The van der Waals surface area contributed by atoms with E-state index in [2.05, 4.69) is 37.9 Å². The van der Waals surface area contributed by atoms with Crippen molar-refractivity contribution < 1.29 is 0 Å². The van der Waals surface area contributed by atoms with Gasteiger partial charge in [0.1, 0.15) is 0 Å². The van der Waals surface area contributed by atoms with Crippen molar-refractivity contribution in [2.45, 2.75) is 65.0 Å². The van der Waals surface area contributed by atoms with E-state index >= 15 is 0 Å². The van der Waals surface area contributed by atoms with Crippen LogP contribution in [0.1, 0.15) is 53.4 Å². The first-order chi connectivity index (χ1) is 8.10. The Morgan fingerprint density at radius 3 is 2.47 bits per heavy atom. The summed E-state index contributed by atoms with van der Waals surface area (Å²) in [4.78, 5) is 2.81. The molecule has 0 aromatic carbocycles. The largest absolute Gasteiger partial charge is 0.311 e. The molecule has 100 valence electrons. The minimum absolute atomic E-state index is 0.440. The van der Waals surface area contributed by atoms with Gasteiger partial charge in [-0.2, -0.15) is 0 Å². The topological polar surface area (TPSA) is 15.3 Å². The van der Waals surface area contributed by atoms with Gasteiger partial charge < -0.3 is 5.32 Å². The zero-order chi connectivity index (χ0) is 12.5. The SMILES string of the molecule is CCC(CC)CN1CC(C)NCC1(C)C1CC1. The minimum atomic E-state index is 0.440. The van der Waals surface area contributed by atoms with Crippen LogP contribution < -0.4 is 5.32 Å². The first kappa shape index (κ1) is 13.4. The molecule has 2 heteroatoms. The van der Waals surface area contributed by atoms with Crippen LogP contribution in [0.4, 0.5) is 0 Å². The summed E-state index contributed by atoms with van der Waals surface area (Å²) in [6.45, 7) is 13.2. The molecule has 17 heavy (non-hydrogen) atoms. The number of piperazine rings is 1. The Balaban J connectivity index is 2.03. The lowest BCUT2D eigenvalue weighted by Gasteiger charge is -2.49. The van der Waals surface area contributed by atoms with Crippen LogP contribution in [0.15, 0.2) is 0 Å². The summed E-state index contributed by atoms with van der Waals surface area (Å²) in [5, 5.41) is 3.69. The summed E-state index contributed by atoms with van der Waals surface area (Å²) in [6.07, 6.45) is 5.56. The van der Waals surface area contributed by atoms with E-state index in [0.717, 1.165) is 11.8 Å². The molecule has 0 aromatic rings. The van der Waals surface area contributed by atoms with Crippen LogP contribution in [0.3, 0.4) is 0 Å². The molecule has 1 N–H and O–H groups in total. The molecule has 2 nitrogen and oxygen atoms in total. The molecule has 2 unspecified atom stereocenters. The van der Waals surface area contributed by atoms with Crippen LogP contribution in [-0.2, 0) is 0 Å². The van der Waals surface area contributed by atoms with Crippen LogP contribution >= 0.6 is 0 Å². The molecule has 1 saturated carbocycles. The number of rotatable bonds is 5. The van der Waals surface area contributed by atoms with Crippen molar-refractivity contribution in [3.05, 3.63) is 0 Å². The summed E-state index contributed by atoms with van der Waals surface area (Å²) >= 11 is 0. The van der Waals surface area contributed by atoms with Crippen molar-refractivity contribution in [2.75, 3.05) is 19.6 Å². The van der Waals surface area contributed by atoms with E-state index < -0.39 is 0 Å². The van der Waals surface area contributed by atoms with E-state index in [9.17, 15) is 0 Å². The van der Waals surface area contributed by atoms with E-state index in [1.165, 1.54) is 45.3 Å². The van der Waals surface area contributed by atoms with Gasteiger partial charge in [0.15, 0.2) is 0 Å². The van der Waals surface area contributed by atoms with E-state index in [1.807, 2.05) is 0 Å². The Morgan fingerprint density at radius 1 is 1.29 bits per heavy atom. The van der Waals surface area contributed by atoms with Crippen LogP contribution in [0.25, 0.3) is 0 Å². The molecule has 0 aromatic heterocycles. The Hall–Kier alpha value is -0.0800. The van der Waals surface area contributed by atoms with Gasteiger partial charge in [-0.1, -0.05) is 26.7 Å². The second-order valence-corrected chi connectivity index (χ2v) is 6.50. The van der Waals surface area contributed by atoms with Crippen molar-refractivity contribution in [1.29, 1.82) is 0 Å². The van der Waals surface area contributed by atoms with Gasteiger partial charge in [0, 0.05) is 31.2 Å². The van der Waals surface area contributed by atoms with Crippen molar-refractivity contribution in [2.24, 2.45) is 11.8 Å². The monoisotopic (exact) mass is 238 g/mol. The van der Waals surface area contributed by atoms with Crippen molar-refractivity contribution in [3.63, 3.8) is 0 Å². The highest BCUT2D eigenvalue weighted by Crippen LogP contribution is 2.44.